The van der Waals surface area contributed by atoms with Gasteiger partial charge in [0.2, 0.25) is 0 Å². The molecule has 2 rings (SSSR count). The van der Waals surface area contributed by atoms with Gasteiger partial charge in [0.05, 0.1) is 29.8 Å². The molecule has 1 fully saturated rings. The lowest BCUT2D eigenvalue weighted by Gasteiger charge is -2.24. The highest BCUT2D eigenvalue weighted by Crippen LogP contribution is 2.61. The third-order valence-electron chi connectivity index (χ3n) is 3.55. The van der Waals surface area contributed by atoms with Gasteiger partial charge < -0.3 is 10.2 Å². The van der Waals surface area contributed by atoms with Crippen molar-refractivity contribution in [3.8, 4) is 0 Å². The summed E-state index contributed by atoms with van der Waals surface area (Å²) in [6, 6.07) is 5.19. The van der Waals surface area contributed by atoms with E-state index in [1.807, 2.05) is 20.2 Å². The first-order valence-electron chi connectivity index (χ1n) is 7.61. The predicted octanol–water partition coefficient (Wildman–Crippen LogP) is 2.29. The Morgan fingerprint density at radius 1 is 1.52 bits per heavy atom. The van der Waals surface area contributed by atoms with E-state index >= 15 is 0 Å². The zero-order valence-corrected chi connectivity index (χ0v) is 15.3. The lowest BCUT2D eigenvalue weighted by molar-refractivity contribution is -0.383. The topological polar surface area (TPSA) is 79.7 Å². The van der Waals surface area contributed by atoms with Gasteiger partial charge in [-0.3, -0.25) is 10.1 Å². The zero-order valence-electron chi connectivity index (χ0n) is 13.5. The summed E-state index contributed by atoms with van der Waals surface area (Å²) in [6.45, 7) is 0.822. The van der Waals surface area contributed by atoms with Crippen molar-refractivity contribution in [3.63, 3.8) is 0 Å². The van der Waals surface area contributed by atoms with E-state index < -0.39 is 6.84 Å². The first-order valence-corrected chi connectivity index (χ1v) is 10.5. The summed E-state index contributed by atoms with van der Waals surface area (Å²) >= 11 is 4.63. The minimum Gasteiger partial charge on any atom is -0.379 e. The van der Waals surface area contributed by atoms with Crippen molar-refractivity contribution < 1.29 is 9.45 Å². The van der Waals surface area contributed by atoms with Crippen LogP contribution < -0.4 is 15.7 Å². The Kier molecular flexibility index (Phi) is 6.61. The molecule has 1 aromatic rings. The van der Waals surface area contributed by atoms with Crippen LogP contribution in [-0.4, -0.2) is 50.2 Å². The van der Waals surface area contributed by atoms with Gasteiger partial charge in [-0.05, 0) is 45.6 Å². The molecule has 0 aliphatic carbocycles. The van der Waals surface area contributed by atoms with Crippen molar-refractivity contribution in [2.24, 2.45) is 0 Å². The third-order valence-corrected chi connectivity index (χ3v) is 7.20. The molecule has 1 atom stereocenters. The zero-order chi connectivity index (χ0) is 16.9. The highest BCUT2D eigenvalue weighted by Gasteiger charge is 2.42. The van der Waals surface area contributed by atoms with Crippen molar-refractivity contribution in [1.29, 1.82) is 0 Å². The van der Waals surface area contributed by atoms with Gasteiger partial charge in [0.1, 0.15) is 5.69 Å². The standard InChI is InChI=1S/C14H24N4O3PS/c1-17(2)9-3-7-15-13-6-5-12(11-14(13)18(19)20)22(23)16-8-4-10-21-22/h5-6,11,15-16,23H,3-4,7-10H2,1-2H3/q+1. The molecule has 7 nitrogen and oxygen atoms in total. The fourth-order valence-electron chi connectivity index (χ4n) is 2.34. The van der Waals surface area contributed by atoms with Crippen LogP contribution in [0.1, 0.15) is 12.8 Å². The fraction of sp³-hybridized carbons (Fsp3) is 0.571. The number of rotatable bonds is 7. The highest BCUT2D eigenvalue weighted by atomic mass is 32.7. The molecule has 1 aliphatic rings. The maximum absolute atomic E-state index is 11.4. The molecule has 0 saturated carbocycles. The molecule has 0 amide bonds. The summed E-state index contributed by atoms with van der Waals surface area (Å²) in [5, 5.41) is 18.6. The normalized spacial score (nSPS) is 21.4. The van der Waals surface area contributed by atoms with E-state index in [0.29, 0.717) is 18.8 Å². The van der Waals surface area contributed by atoms with Crippen LogP contribution in [0.5, 0.6) is 0 Å². The number of nitrogens with zero attached hydrogens (tertiary/aromatic N) is 2. The van der Waals surface area contributed by atoms with Crippen molar-refractivity contribution >= 4 is 35.8 Å². The molecule has 1 saturated heterocycles. The van der Waals surface area contributed by atoms with E-state index in [2.05, 4.69) is 27.6 Å². The van der Waals surface area contributed by atoms with Crippen molar-refractivity contribution in [2.45, 2.75) is 12.8 Å². The maximum atomic E-state index is 11.4. The molecule has 9 heteroatoms. The van der Waals surface area contributed by atoms with E-state index in [1.54, 1.807) is 12.1 Å². The number of hydrogen-bond donors (Lipinski definition) is 3. The number of thiol groups is 1. The third kappa shape index (κ3) is 5.02. The number of nitro groups is 1. The molecule has 0 aromatic heterocycles. The Balaban J connectivity index is 2.13. The quantitative estimate of drug-likeness (QED) is 0.228. The van der Waals surface area contributed by atoms with E-state index in [-0.39, 0.29) is 10.6 Å². The Hall–Kier alpha value is -0.920. The average Bonchev–Trinajstić information content (AvgIpc) is 2.52. The van der Waals surface area contributed by atoms with Crippen LogP contribution in [0.3, 0.4) is 0 Å². The van der Waals surface area contributed by atoms with Gasteiger partial charge in [-0.15, -0.1) is 0 Å². The smallest absolute Gasteiger partial charge is 0.303 e. The van der Waals surface area contributed by atoms with Crippen LogP contribution in [0.25, 0.3) is 0 Å². The summed E-state index contributed by atoms with van der Waals surface area (Å²) in [5.74, 6) is 0. The highest BCUT2D eigenvalue weighted by molar-refractivity contribution is 8.53. The first kappa shape index (κ1) is 18.4. The Morgan fingerprint density at radius 3 is 2.91 bits per heavy atom. The predicted molar refractivity (Wildman–Crippen MR) is 98.9 cm³/mol. The van der Waals surface area contributed by atoms with Gasteiger partial charge in [-0.1, -0.05) is 0 Å². The summed E-state index contributed by atoms with van der Waals surface area (Å²) in [7, 11) is 4.01. The Bertz CT molecular complexity index is 553. The SMILES string of the molecule is CN(C)CCCNc1ccc([P+]2(S)NCCCO2)cc1[N+](=O)[O-]. The molecule has 128 valence electrons. The van der Waals surface area contributed by atoms with Crippen molar-refractivity contribution in [1.82, 2.24) is 9.99 Å². The van der Waals surface area contributed by atoms with Crippen LogP contribution in [0.4, 0.5) is 11.4 Å². The molecule has 1 aromatic carbocycles. The monoisotopic (exact) mass is 359 g/mol. The molecule has 1 heterocycles. The van der Waals surface area contributed by atoms with E-state index in [9.17, 15) is 10.1 Å². The van der Waals surface area contributed by atoms with Crippen LogP contribution >= 0.6 is 19.1 Å². The molecule has 0 bridgehead atoms. The molecular formula is C14H24N4O3PS+. The van der Waals surface area contributed by atoms with E-state index in [0.717, 1.165) is 31.2 Å². The molecule has 1 unspecified atom stereocenters. The van der Waals surface area contributed by atoms with E-state index in [1.165, 1.54) is 0 Å². The minimum absolute atomic E-state index is 0.0664. The summed E-state index contributed by atoms with van der Waals surface area (Å²) in [4.78, 5) is 13.1. The van der Waals surface area contributed by atoms with Crippen LogP contribution in [-0.2, 0) is 4.52 Å². The lowest BCUT2D eigenvalue weighted by Crippen LogP contribution is -2.30. The molecular weight excluding hydrogens is 335 g/mol. The van der Waals surface area contributed by atoms with Crippen molar-refractivity contribution in [3.05, 3.63) is 28.3 Å². The van der Waals surface area contributed by atoms with Gasteiger partial charge in [-0.25, -0.2) is 4.52 Å². The Labute approximate surface area is 142 Å². The summed E-state index contributed by atoms with van der Waals surface area (Å²) < 4.78 is 5.77. The largest absolute Gasteiger partial charge is 0.379 e. The van der Waals surface area contributed by atoms with Crippen LogP contribution in [0.15, 0.2) is 18.2 Å². The van der Waals surface area contributed by atoms with Crippen LogP contribution in [0, 0.1) is 10.1 Å². The number of benzene rings is 1. The average molecular weight is 359 g/mol. The minimum atomic E-state index is -2.24. The van der Waals surface area contributed by atoms with E-state index in [4.69, 9.17) is 4.52 Å². The molecule has 0 radical (unpaired) electrons. The van der Waals surface area contributed by atoms with Gasteiger partial charge >= 0.3 is 6.84 Å². The lowest BCUT2D eigenvalue weighted by atomic mass is 10.2. The van der Waals surface area contributed by atoms with Gasteiger partial charge in [0.25, 0.3) is 5.69 Å². The number of anilines is 1. The second-order valence-electron chi connectivity index (χ2n) is 5.71. The maximum Gasteiger partial charge on any atom is 0.303 e. The van der Waals surface area contributed by atoms with Crippen LogP contribution in [0.2, 0.25) is 0 Å². The molecule has 2 N–H and O–H groups in total. The Morgan fingerprint density at radius 2 is 2.30 bits per heavy atom. The van der Waals surface area contributed by atoms with Gasteiger partial charge in [0.15, 0.2) is 5.30 Å². The molecule has 1 aliphatic heterocycles. The van der Waals surface area contributed by atoms with Gasteiger partial charge in [0, 0.05) is 13.1 Å². The number of nitro benzene ring substituents is 1. The summed E-state index contributed by atoms with van der Waals surface area (Å²) in [5.41, 5.74) is 0.603. The molecule has 0 spiro atoms. The fourth-order valence-corrected chi connectivity index (χ4v) is 5.11. The first-order chi connectivity index (χ1) is 10.9. The number of nitrogens with one attached hydrogen (secondary N) is 2. The summed E-state index contributed by atoms with van der Waals surface area (Å²) in [6.07, 6.45) is 1.84. The van der Waals surface area contributed by atoms with Gasteiger partial charge in [-0.2, -0.15) is 5.09 Å². The van der Waals surface area contributed by atoms with Crippen molar-refractivity contribution in [2.75, 3.05) is 45.7 Å². The molecule has 23 heavy (non-hydrogen) atoms. The number of hydrogen-bond acceptors (Lipinski definition) is 7. The second kappa shape index (κ2) is 8.26. The second-order valence-corrected chi connectivity index (χ2v) is 9.65.